The van der Waals surface area contributed by atoms with Crippen molar-refractivity contribution in [3.8, 4) is 0 Å². The Kier molecular flexibility index (Phi) is 5.37. The lowest BCUT2D eigenvalue weighted by molar-refractivity contribution is -0.116. The molecule has 7 nitrogen and oxygen atoms in total. The molecular weight excluding hydrogens is 418 g/mol. The molecule has 1 spiro atoms. The molecule has 0 aromatic heterocycles. The Morgan fingerprint density at radius 3 is 2.45 bits per heavy atom. The maximum absolute atomic E-state index is 12.9. The van der Waals surface area contributed by atoms with Crippen LogP contribution in [0, 0.1) is 0 Å². The third-order valence-electron chi connectivity index (χ3n) is 8.95. The number of carbonyl (C=O) groups is 2. The Bertz CT molecular complexity index is 914. The highest BCUT2D eigenvalue weighted by atomic mass is 16.6. The molecule has 1 aromatic rings. The molecule has 0 saturated carbocycles. The number of para-hydroxylation sites is 1. The van der Waals surface area contributed by atoms with Crippen molar-refractivity contribution in [2.75, 3.05) is 37.7 Å². The van der Waals surface area contributed by atoms with Gasteiger partial charge in [0, 0.05) is 50.5 Å². The highest BCUT2D eigenvalue weighted by Crippen LogP contribution is 2.48. The Morgan fingerprint density at radius 2 is 1.79 bits per heavy atom. The van der Waals surface area contributed by atoms with Crippen molar-refractivity contribution < 1.29 is 20.5 Å². The molecule has 5 aliphatic rings. The van der Waals surface area contributed by atoms with Crippen LogP contribution in [0.5, 0.6) is 0 Å². The van der Waals surface area contributed by atoms with Crippen LogP contribution in [0.3, 0.4) is 0 Å². The number of nitrogens with zero attached hydrogens (tertiary/aromatic N) is 3. The van der Waals surface area contributed by atoms with E-state index < -0.39 is 0 Å². The van der Waals surface area contributed by atoms with Gasteiger partial charge in [0.15, 0.2) is 0 Å². The molecule has 0 aliphatic carbocycles. The van der Waals surface area contributed by atoms with Crippen LogP contribution in [0.2, 0.25) is 0 Å². The van der Waals surface area contributed by atoms with Crippen LogP contribution in [0.1, 0.15) is 58.9 Å². The first-order chi connectivity index (χ1) is 16.0. The quantitative estimate of drug-likeness (QED) is 0.683. The molecule has 7 heteroatoms. The molecule has 4 fully saturated rings. The van der Waals surface area contributed by atoms with Gasteiger partial charge in [-0.2, -0.15) is 0 Å². The van der Waals surface area contributed by atoms with E-state index in [0.29, 0.717) is 31.3 Å². The predicted molar refractivity (Wildman–Crippen MR) is 126 cm³/mol. The molecule has 5 heterocycles. The number of anilines is 1. The van der Waals surface area contributed by atoms with Gasteiger partial charge in [-0.1, -0.05) is 18.2 Å². The normalized spacial score (nSPS) is 32.9. The molecular formula is C26H37N3O4. The lowest BCUT2D eigenvalue weighted by Crippen LogP contribution is -2.56. The number of carbonyl (C=O) groups excluding carboxylic acids is 2. The van der Waals surface area contributed by atoms with Crippen molar-refractivity contribution >= 4 is 17.7 Å². The van der Waals surface area contributed by atoms with Gasteiger partial charge in [0.2, 0.25) is 5.91 Å². The van der Waals surface area contributed by atoms with E-state index in [0.717, 1.165) is 70.3 Å². The fraction of sp³-hybridized carbons (Fsp3) is 0.692. The van der Waals surface area contributed by atoms with E-state index in [9.17, 15) is 9.59 Å². The second-order valence-corrected chi connectivity index (χ2v) is 10.7. The zero-order valence-electron chi connectivity index (χ0n) is 19.6. The summed E-state index contributed by atoms with van der Waals surface area (Å²) in [5.41, 5.74) is 2.55. The minimum Gasteiger partial charge on any atom is -0.444 e. The second kappa shape index (κ2) is 8.27. The van der Waals surface area contributed by atoms with Crippen molar-refractivity contribution in [3.63, 3.8) is 0 Å². The van der Waals surface area contributed by atoms with Gasteiger partial charge in [-0.3, -0.25) is 4.79 Å². The van der Waals surface area contributed by atoms with Crippen molar-refractivity contribution in [1.29, 1.82) is 0 Å². The Labute approximate surface area is 197 Å². The third-order valence-corrected chi connectivity index (χ3v) is 8.95. The van der Waals surface area contributed by atoms with Gasteiger partial charge in [0.25, 0.3) is 0 Å². The van der Waals surface area contributed by atoms with E-state index in [1.807, 2.05) is 11.0 Å². The lowest BCUT2D eigenvalue weighted by Gasteiger charge is -2.47. The number of piperidine rings is 2. The number of hydrogen-bond acceptors (Lipinski definition) is 5. The first-order valence-corrected chi connectivity index (χ1v) is 12.7. The predicted octanol–water partition coefficient (Wildman–Crippen LogP) is 3.55. The van der Waals surface area contributed by atoms with Gasteiger partial charge in [0.1, 0.15) is 6.10 Å². The molecule has 2 amide bonds. The maximum atomic E-state index is 12.9. The third kappa shape index (κ3) is 3.64. The van der Waals surface area contributed by atoms with Gasteiger partial charge in [-0.25, -0.2) is 4.79 Å². The van der Waals surface area contributed by atoms with Gasteiger partial charge < -0.3 is 24.2 Å². The molecule has 0 N–H and O–H groups in total. The molecule has 1 aromatic carbocycles. The second-order valence-electron chi connectivity index (χ2n) is 10.7. The monoisotopic (exact) mass is 455 g/mol. The van der Waals surface area contributed by atoms with E-state index >= 15 is 0 Å². The summed E-state index contributed by atoms with van der Waals surface area (Å²) in [7, 11) is 0. The number of fused-ring (bicyclic) bond motifs is 4. The van der Waals surface area contributed by atoms with Gasteiger partial charge >= 0.3 is 6.09 Å². The number of ether oxygens (including phenoxy) is 2. The summed E-state index contributed by atoms with van der Waals surface area (Å²) >= 11 is 0. The van der Waals surface area contributed by atoms with Crippen LogP contribution in [0.15, 0.2) is 24.3 Å². The molecule has 2 bridgehead atoms. The summed E-state index contributed by atoms with van der Waals surface area (Å²) in [6, 6.07) is 9.63. The highest BCUT2D eigenvalue weighted by Gasteiger charge is 2.49. The van der Waals surface area contributed by atoms with E-state index in [4.69, 9.17) is 9.47 Å². The summed E-state index contributed by atoms with van der Waals surface area (Å²) < 4.78 is 11.1. The summed E-state index contributed by atoms with van der Waals surface area (Å²) in [6.07, 6.45) is 7.09. The first kappa shape index (κ1) is 21.4. The summed E-state index contributed by atoms with van der Waals surface area (Å²) in [5, 5.41) is 0. The molecule has 180 valence electrons. The summed E-state index contributed by atoms with van der Waals surface area (Å²) in [5.74, 6) is 0.141. The zero-order valence-corrected chi connectivity index (χ0v) is 19.6. The fourth-order valence-corrected chi connectivity index (χ4v) is 7.21. The molecule has 0 radical (unpaired) electrons. The van der Waals surface area contributed by atoms with Crippen molar-refractivity contribution in [3.05, 3.63) is 29.8 Å². The van der Waals surface area contributed by atoms with Crippen LogP contribution >= 0.6 is 0 Å². The van der Waals surface area contributed by atoms with Crippen molar-refractivity contribution in [1.82, 2.24) is 9.80 Å². The smallest absolute Gasteiger partial charge is 0.410 e. The van der Waals surface area contributed by atoms with Crippen LogP contribution in [0.25, 0.3) is 0 Å². The van der Waals surface area contributed by atoms with Crippen LogP contribution in [0.4, 0.5) is 10.5 Å². The minimum absolute atomic E-state index is 0. The van der Waals surface area contributed by atoms with Crippen LogP contribution in [-0.2, 0) is 19.7 Å². The standard InChI is InChI=1S/C26H35N3O4.H2/c1-18(30)28-17-26(23-4-2-3-5-24(23)28)9-11-27(12-10-26)21-14-19-6-7-20(15-21)29(19)25(31)33-22-8-13-32-16-22;/h2-5,19-22H,6-17H2,1H3;1H/t19?,20?,21?,22-;/m0./s1. The zero-order chi connectivity index (χ0) is 22.6. The summed E-state index contributed by atoms with van der Waals surface area (Å²) in [4.78, 5) is 31.9. The largest absolute Gasteiger partial charge is 0.444 e. The molecule has 2 unspecified atom stereocenters. The van der Waals surface area contributed by atoms with Crippen molar-refractivity contribution in [2.24, 2.45) is 0 Å². The highest BCUT2D eigenvalue weighted by molar-refractivity contribution is 5.94. The Balaban J connectivity index is 0.00000241. The van der Waals surface area contributed by atoms with Crippen LogP contribution in [-0.4, -0.2) is 78.9 Å². The summed E-state index contributed by atoms with van der Waals surface area (Å²) in [6.45, 7) is 5.85. The molecule has 6 rings (SSSR count). The molecule has 4 saturated heterocycles. The Morgan fingerprint density at radius 1 is 1.06 bits per heavy atom. The number of benzene rings is 1. The maximum Gasteiger partial charge on any atom is 0.410 e. The van der Waals surface area contributed by atoms with Gasteiger partial charge in [-0.15, -0.1) is 0 Å². The number of likely N-dealkylation sites (tertiary alicyclic amines) is 1. The van der Waals surface area contributed by atoms with Gasteiger partial charge in [-0.05, 0) is 63.2 Å². The number of rotatable bonds is 2. The van der Waals surface area contributed by atoms with E-state index in [2.05, 4.69) is 28.0 Å². The molecule has 33 heavy (non-hydrogen) atoms. The fourth-order valence-electron chi connectivity index (χ4n) is 7.21. The number of amides is 2. The van der Waals surface area contributed by atoms with Crippen molar-refractivity contribution in [2.45, 2.75) is 81.5 Å². The lowest BCUT2D eigenvalue weighted by atomic mass is 9.73. The molecule has 5 aliphatic heterocycles. The van der Waals surface area contributed by atoms with Gasteiger partial charge in [0.05, 0.1) is 13.2 Å². The van der Waals surface area contributed by atoms with E-state index in [1.54, 1.807) is 6.92 Å². The minimum atomic E-state index is -0.124. The van der Waals surface area contributed by atoms with Crippen LogP contribution < -0.4 is 4.90 Å². The number of hydrogen-bond donors (Lipinski definition) is 0. The average molecular weight is 456 g/mol. The molecule has 3 atom stereocenters. The SMILES string of the molecule is CC(=O)N1CC2(CCN(C3CC4CCC(C3)N4C(=O)O[C@H]3CCOC3)CC2)c2ccccc21.[HH]. The van der Waals surface area contributed by atoms with E-state index in [-0.39, 0.29) is 24.9 Å². The topological polar surface area (TPSA) is 62.3 Å². The Hall–Kier alpha value is -2.12. The van der Waals surface area contributed by atoms with E-state index in [1.165, 1.54) is 5.56 Å². The first-order valence-electron chi connectivity index (χ1n) is 12.7. The average Bonchev–Trinajstić information content (AvgIpc) is 3.51.